The lowest BCUT2D eigenvalue weighted by molar-refractivity contribution is -0.117. The Labute approximate surface area is 159 Å². The van der Waals surface area contributed by atoms with Gasteiger partial charge in [-0.05, 0) is 48.5 Å². The number of aromatic nitrogens is 2. The molecule has 2 N–H and O–H groups in total. The Morgan fingerprint density at radius 3 is 2.18 bits per heavy atom. The second-order valence-corrected chi connectivity index (χ2v) is 6.05. The molecule has 2 amide bonds. The van der Waals surface area contributed by atoms with Gasteiger partial charge >= 0.3 is 0 Å². The summed E-state index contributed by atoms with van der Waals surface area (Å²) in [6.45, 7) is 1.20. The van der Waals surface area contributed by atoms with Crippen molar-refractivity contribution in [2.75, 3.05) is 10.6 Å². The fraction of sp³-hybridized carbons (Fsp3) is 0.100. The van der Waals surface area contributed by atoms with Gasteiger partial charge in [0.2, 0.25) is 11.8 Å². The van der Waals surface area contributed by atoms with Crippen LogP contribution in [0.5, 0.6) is 0 Å². The number of nitrogens with one attached hydrogen (secondary N) is 2. The van der Waals surface area contributed by atoms with Crippen molar-refractivity contribution >= 4 is 23.2 Å². The van der Waals surface area contributed by atoms with Gasteiger partial charge in [-0.2, -0.15) is 0 Å². The molecule has 8 heteroatoms. The van der Waals surface area contributed by atoms with Crippen molar-refractivity contribution in [3.05, 3.63) is 77.1 Å². The molecule has 0 saturated heterocycles. The van der Waals surface area contributed by atoms with E-state index in [-0.39, 0.29) is 18.3 Å². The Balaban J connectivity index is 1.66. The number of anilines is 2. The molecule has 0 radical (unpaired) electrons. The summed E-state index contributed by atoms with van der Waals surface area (Å²) in [6.07, 6.45) is 1.28. The van der Waals surface area contributed by atoms with Gasteiger partial charge in [0.05, 0.1) is 12.0 Å². The Bertz CT molecular complexity index is 1060. The third-order valence-electron chi connectivity index (χ3n) is 3.82. The number of carbonyl (C=O) groups is 2. The molecule has 0 aliphatic carbocycles. The van der Waals surface area contributed by atoms with E-state index in [1.54, 1.807) is 24.3 Å². The standard InChI is InChI=1S/C20H17FN4O3/c1-13(26)23-16-6-8-17(9-7-16)24-19(27)11-25-12-22-18(10-20(25)28)14-2-4-15(21)5-3-14/h2-10,12H,11H2,1H3,(H,23,26)(H,24,27). The van der Waals surface area contributed by atoms with Gasteiger partial charge in [-0.3, -0.25) is 19.0 Å². The maximum Gasteiger partial charge on any atom is 0.254 e. The molecule has 0 saturated carbocycles. The van der Waals surface area contributed by atoms with Crippen LogP contribution in [-0.4, -0.2) is 21.4 Å². The minimum atomic E-state index is -0.398. The molecular formula is C20H17FN4O3. The maximum atomic E-state index is 13.0. The minimum absolute atomic E-state index is 0.187. The Morgan fingerprint density at radius 1 is 1.00 bits per heavy atom. The zero-order valence-electron chi connectivity index (χ0n) is 15.0. The highest BCUT2D eigenvalue weighted by atomic mass is 19.1. The van der Waals surface area contributed by atoms with Crippen LogP contribution >= 0.6 is 0 Å². The third kappa shape index (κ3) is 4.88. The van der Waals surface area contributed by atoms with Crippen molar-refractivity contribution in [2.24, 2.45) is 0 Å². The molecule has 0 spiro atoms. The second-order valence-electron chi connectivity index (χ2n) is 6.05. The zero-order valence-corrected chi connectivity index (χ0v) is 15.0. The number of amides is 2. The van der Waals surface area contributed by atoms with E-state index in [4.69, 9.17) is 0 Å². The van der Waals surface area contributed by atoms with E-state index in [0.717, 1.165) is 0 Å². The molecule has 3 aromatic rings. The molecule has 28 heavy (non-hydrogen) atoms. The summed E-state index contributed by atoms with van der Waals surface area (Å²) in [7, 11) is 0. The summed E-state index contributed by atoms with van der Waals surface area (Å²) >= 11 is 0. The van der Waals surface area contributed by atoms with Crippen LogP contribution in [0.3, 0.4) is 0 Å². The van der Waals surface area contributed by atoms with Gasteiger partial charge in [0.25, 0.3) is 5.56 Å². The summed E-state index contributed by atoms with van der Waals surface area (Å²) in [6, 6.07) is 13.5. The molecule has 1 heterocycles. The number of halogens is 1. The van der Waals surface area contributed by atoms with Crippen molar-refractivity contribution in [1.29, 1.82) is 0 Å². The van der Waals surface area contributed by atoms with Crippen molar-refractivity contribution < 1.29 is 14.0 Å². The summed E-state index contributed by atoms with van der Waals surface area (Å²) in [5.74, 6) is -0.961. The van der Waals surface area contributed by atoms with Crippen LogP contribution in [0.2, 0.25) is 0 Å². The van der Waals surface area contributed by atoms with E-state index in [1.165, 1.54) is 48.1 Å². The van der Waals surface area contributed by atoms with Crippen LogP contribution in [0.25, 0.3) is 11.3 Å². The van der Waals surface area contributed by atoms with Crippen LogP contribution in [0.4, 0.5) is 15.8 Å². The topological polar surface area (TPSA) is 93.1 Å². The maximum absolute atomic E-state index is 13.0. The summed E-state index contributed by atoms with van der Waals surface area (Å²) in [4.78, 5) is 39.6. The van der Waals surface area contributed by atoms with E-state index in [2.05, 4.69) is 15.6 Å². The highest BCUT2D eigenvalue weighted by molar-refractivity contribution is 5.92. The summed E-state index contributed by atoms with van der Waals surface area (Å²) in [5, 5.41) is 5.30. The number of hydrogen-bond donors (Lipinski definition) is 2. The van der Waals surface area contributed by atoms with E-state index in [0.29, 0.717) is 22.6 Å². The number of rotatable bonds is 5. The SMILES string of the molecule is CC(=O)Nc1ccc(NC(=O)Cn2cnc(-c3ccc(F)cc3)cc2=O)cc1. The minimum Gasteiger partial charge on any atom is -0.326 e. The Kier molecular flexibility index (Phi) is 5.59. The molecule has 0 atom stereocenters. The number of nitrogens with zero attached hydrogens (tertiary/aromatic N) is 2. The van der Waals surface area contributed by atoms with E-state index < -0.39 is 11.5 Å². The van der Waals surface area contributed by atoms with Gasteiger partial charge in [-0.1, -0.05) is 0 Å². The quantitative estimate of drug-likeness (QED) is 0.712. The van der Waals surface area contributed by atoms with E-state index in [9.17, 15) is 18.8 Å². The van der Waals surface area contributed by atoms with Gasteiger partial charge in [0, 0.05) is 29.9 Å². The van der Waals surface area contributed by atoms with Gasteiger partial charge < -0.3 is 10.6 Å². The first-order chi connectivity index (χ1) is 13.4. The first-order valence-corrected chi connectivity index (χ1v) is 8.40. The molecule has 142 valence electrons. The van der Waals surface area contributed by atoms with Crippen LogP contribution in [0.15, 0.2) is 65.7 Å². The molecule has 0 aliphatic heterocycles. The lowest BCUT2D eigenvalue weighted by Crippen LogP contribution is -2.27. The van der Waals surface area contributed by atoms with Crippen LogP contribution in [0, 0.1) is 5.82 Å². The lowest BCUT2D eigenvalue weighted by Gasteiger charge is -2.09. The highest BCUT2D eigenvalue weighted by Gasteiger charge is 2.08. The molecule has 2 aromatic carbocycles. The van der Waals surface area contributed by atoms with Gasteiger partial charge in [-0.15, -0.1) is 0 Å². The molecule has 0 bridgehead atoms. The molecule has 7 nitrogen and oxygen atoms in total. The van der Waals surface area contributed by atoms with Crippen LogP contribution < -0.4 is 16.2 Å². The normalized spacial score (nSPS) is 10.4. The highest BCUT2D eigenvalue weighted by Crippen LogP contribution is 2.15. The molecular weight excluding hydrogens is 363 g/mol. The average Bonchev–Trinajstić information content (AvgIpc) is 2.65. The van der Waals surface area contributed by atoms with Crippen LogP contribution in [0.1, 0.15) is 6.92 Å². The van der Waals surface area contributed by atoms with Crippen molar-refractivity contribution in [2.45, 2.75) is 13.5 Å². The third-order valence-corrected chi connectivity index (χ3v) is 3.82. The Hall–Kier alpha value is -3.81. The summed E-state index contributed by atoms with van der Waals surface area (Å²) < 4.78 is 14.2. The van der Waals surface area contributed by atoms with Crippen LogP contribution in [-0.2, 0) is 16.1 Å². The fourth-order valence-corrected chi connectivity index (χ4v) is 2.52. The largest absolute Gasteiger partial charge is 0.326 e. The number of carbonyl (C=O) groups excluding carboxylic acids is 2. The van der Waals surface area contributed by atoms with Crippen molar-refractivity contribution in [1.82, 2.24) is 9.55 Å². The van der Waals surface area contributed by atoms with E-state index >= 15 is 0 Å². The van der Waals surface area contributed by atoms with Gasteiger partial charge in [-0.25, -0.2) is 9.37 Å². The predicted octanol–water partition coefficient (Wildman–Crippen LogP) is 2.65. The van der Waals surface area contributed by atoms with Crippen molar-refractivity contribution in [3.63, 3.8) is 0 Å². The van der Waals surface area contributed by atoms with E-state index in [1.807, 2.05) is 0 Å². The molecule has 0 unspecified atom stereocenters. The molecule has 0 fully saturated rings. The first kappa shape index (κ1) is 19.0. The Morgan fingerprint density at radius 2 is 1.61 bits per heavy atom. The molecule has 0 aliphatic rings. The number of benzene rings is 2. The smallest absolute Gasteiger partial charge is 0.254 e. The second kappa shape index (κ2) is 8.26. The van der Waals surface area contributed by atoms with Gasteiger partial charge in [0.1, 0.15) is 12.4 Å². The summed E-state index contributed by atoms with van der Waals surface area (Å²) in [5.41, 5.74) is 1.75. The predicted molar refractivity (Wildman–Crippen MR) is 103 cm³/mol. The molecule has 1 aromatic heterocycles. The monoisotopic (exact) mass is 380 g/mol. The zero-order chi connectivity index (χ0) is 20.1. The first-order valence-electron chi connectivity index (χ1n) is 8.40. The number of hydrogen-bond acceptors (Lipinski definition) is 4. The fourth-order valence-electron chi connectivity index (χ4n) is 2.52. The molecule has 3 rings (SSSR count). The van der Waals surface area contributed by atoms with Crippen molar-refractivity contribution in [3.8, 4) is 11.3 Å². The average molecular weight is 380 g/mol. The lowest BCUT2D eigenvalue weighted by atomic mass is 10.1. The van der Waals surface area contributed by atoms with Gasteiger partial charge in [0.15, 0.2) is 0 Å².